The SMILES string of the molecule is CCOC(=O)CCCOc1ccc(C=C(C#N)C#N)c(O)c1. The molecule has 1 aromatic carbocycles. The number of allylic oxidation sites excluding steroid dienone is 1. The molecule has 0 atom stereocenters. The van der Waals surface area contributed by atoms with E-state index in [-0.39, 0.29) is 23.7 Å². The molecule has 1 aromatic rings. The zero-order valence-electron chi connectivity index (χ0n) is 12.2. The molecule has 0 aliphatic rings. The Bertz CT molecular complexity index is 623. The van der Waals surface area contributed by atoms with Crippen molar-refractivity contribution in [2.75, 3.05) is 13.2 Å². The maximum atomic E-state index is 11.1. The molecule has 114 valence electrons. The van der Waals surface area contributed by atoms with E-state index in [0.29, 0.717) is 30.9 Å². The number of hydrogen-bond donors (Lipinski definition) is 1. The van der Waals surface area contributed by atoms with Crippen LogP contribution in [0, 0.1) is 22.7 Å². The lowest BCUT2D eigenvalue weighted by Crippen LogP contribution is -2.06. The van der Waals surface area contributed by atoms with E-state index in [1.807, 2.05) is 0 Å². The highest BCUT2D eigenvalue weighted by molar-refractivity contribution is 5.69. The molecule has 0 unspecified atom stereocenters. The molecule has 0 aliphatic heterocycles. The molecule has 0 fully saturated rings. The van der Waals surface area contributed by atoms with E-state index in [1.165, 1.54) is 12.1 Å². The standard InChI is InChI=1S/C16H16N2O4/c1-2-21-16(20)4-3-7-22-14-6-5-13(15(19)9-14)8-12(10-17)11-18/h5-6,8-9,19H,2-4,7H2,1H3. The lowest BCUT2D eigenvalue weighted by atomic mass is 10.1. The third-order valence-corrected chi connectivity index (χ3v) is 2.64. The van der Waals surface area contributed by atoms with Gasteiger partial charge in [-0.25, -0.2) is 0 Å². The zero-order valence-corrected chi connectivity index (χ0v) is 12.2. The second kappa shape index (κ2) is 9.04. The molecular weight excluding hydrogens is 284 g/mol. The number of nitriles is 2. The van der Waals surface area contributed by atoms with Gasteiger partial charge in [0, 0.05) is 18.1 Å². The second-order valence-corrected chi connectivity index (χ2v) is 4.26. The highest BCUT2D eigenvalue weighted by Gasteiger charge is 2.05. The van der Waals surface area contributed by atoms with Crippen molar-refractivity contribution in [1.29, 1.82) is 10.5 Å². The van der Waals surface area contributed by atoms with E-state index in [1.54, 1.807) is 31.2 Å². The van der Waals surface area contributed by atoms with Crippen molar-refractivity contribution in [2.45, 2.75) is 19.8 Å². The highest BCUT2D eigenvalue weighted by Crippen LogP contribution is 2.25. The Labute approximate surface area is 128 Å². The van der Waals surface area contributed by atoms with Crippen molar-refractivity contribution in [3.8, 4) is 23.6 Å². The van der Waals surface area contributed by atoms with E-state index >= 15 is 0 Å². The first-order chi connectivity index (χ1) is 10.6. The quantitative estimate of drug-likeness (QED) is 0.471. The summed E-state index contributed by atoms with van der Waals surface area (Å²) >= 11 is 0. The minimum Gasteiger partial charge on any atom is -0.507 e. The van der Waals surface area contributed by atoms with Gasteiger partial charge in [-0.1, -0.05) is 0 Å². The van der Waals surface area contributed by atoms with Crippen LogP contribution in [0.3, 0.4) is 0 Å². The molecule has 0 bridgehead atoms. The Morgan fingerprint density at radius 3 is 2.68 bits per heavy atom. The molecule has 0 saturated carbocycles. The first-order valence-corrected chi connectivity index (χ1v) is 6.74. The van der Waals surface area contributed by atoms with Crippen LogP contribution in [0.4, 0.5) is 0 Å². The number of phenolic OH excluding ortho intramolecular Hbond substituents is 1. The Hall–Kier alpha value is -2.99. The smallest absolute Gasteiger partial charge is 0.305 e. The molecule has 1 rings (SSSR count). The van der Waals surface area contributed by atoms with Gasteiger partial charge < -0.3 is 14.6 Å². The summed E-state index contributed by atoms with van der Waals surface area (Å²) in [6.45, 7) is 2.42. The molecule has 0 aliphatic carbocycles. The topological polar surface area (TPSA) is 103 Å². The van der Waals surface area contributed by atoms with Crippen molar-refractivity contribution in [3.05, 3.63) is 29.3 Å². The molecule has 6 nitrogen and oxygen atoms in total. The average molecular weight is 300 g/mol. The zero-order chi connectivity index (χ0) is 16.4. The third-order valence-electron chi connectivity index (χ3n) is 2.64. The summed E-state index contributed by atoms with van der Waals surface area (Å²) in [7, 11) is 0. The van der Waals surface area contributed by atoms with Crippen LogP contribution < -0.4 is 4.74 Å². The molecule has 22 heavy (non-hydrogen) atoms. The van der Waals surface area contributed by atoms with Crippen LogP contribution >= 0.6 is 0 Å². The van der Waals surface area contributed by atoms with Crippen molar-refractivity contribution in [1.82, 2.24) is 0 Å². The Morgan fingerprint density at radius 1 is 1.36 bits per heavy atom. The summed E-state index contributed by atoms with van der Waals surface area (Å²) in [5.41, 5.74) is 0.260. The number of phenols is 1. The van der Waals surface area contributed by atoms with Crippen LogP contribution in [0.2, 0.25) is 0 Å². The number of benzene rings is 1. The number of esters is 1. The maximum absolute atomic E-state index is 11.1. The Morgan fingerprint density at radius 2 is 2.09 bits per heavy atom. The van der Waals surface area contributed by atoms with Gasteiger partial charge in [-0.3, -0.25) is 4.79 Å². The monoisotopic (exact) mass is 300 g/mol. The predicted octanol–water partition coefficient (Wildman–Crippen LogP) is 2.54. The molecule has 0 aromatic heterocycles. The normalized spacial score (nSPS) is 9.23. The van der Waals surface area contributed by atoms with E-state index < -0.39 is 0 Å². The van der Waals surface area contributed by atoms with Gasteiger partial charge in [0.1, 0.15) is 29.2 Å². The van der Waals surface area contributed by atoms with E-state index in [4.69, 9.17) is 20.0 Å². The second-order valence-electron chi connectivity index (χ2n) is 4.26. The fourth-order valence-corrected chi connectivity index (χ4v) is 1.62. The molecule has 1 N–H and O–H groups in total. The van der Waals surface area contributed by atoms with Crippen molar-refractivity contribution < 1.29 is 19.4 Å². The number of aromatic hydroxyl groups is 1. The summed E-state index contributed by atoms with van der Waals surface area (Å²) in [4.78, 5) is 11.1. The summed E-state index contributed by atoms with van der Waals surface area (Å²) in [5.74, 6) is 0.0786. The van der Waals surface area contributed by atoms with E-state index in [2.05, 4.69) is 0 Å². The van der Waals surface area contributed by atoms with Crippen molar-refractivity contribution >= 4 is 12.0 Å². The Kier molecular flexibility index (Phi) is 7.01. The molecule has 0 heterocycles. The summed E-state index contributed by atoms with van der Waals surface area (Å²) in [5, 5.41) is 27.2. The van der Waals surface area contributed by atoms with Gasteiger partial charge in [0.2, 0.25) is 0 Å². The molecule has 0 radical (unpaired) electrons. The van der Waals surface area contributed by atoms with Gasteiger partial charge in [0.05, 0.1) is 13.2 Å². The van der Waals surface area contributed by atoms with Crippen LogP contribution in [0.25, 0.3) is 6.08 Å². The minimum absolute atomic E-state index is 0.0918. The van der Waals surface area contributed by atoms with Crippen LogP contribution in [0.5, 0.6) is 11.5 Å². The van der Waals surface area contributed by atoms with Gasteiger partial charge >= 0.3 is 5.97 Å². The first-order valence-electron chi connectivity index (χ1n) is 6.74. The van der Waals surface area contributed by atoms with Gasteiger partial charge in [-0.2, -0.15) is 10.5 Å². The van der Waals surface area contributed by atoms with Crippen LogP contribution in [0.1, 0.15) is 25.3 Å². The van der Waals surface area contributed by atoms with Crippen LogP contribution in [-0.4, -0.2) is 24.3 Å². The van der Waals surface area contributed by atoms with Gasteiger partial charge in [-0.15, -0.1) is 0 Å². The van der Waals surface area contributed by atoms with Gasteiger partial charge in [0.25, 0.3) is 0 Å². The number of rotatable bonds is 7. The predicted molar refractivity (Wildman–Crippen MR) is 78.7 cm³/mol. The lowest BCUT2D eigenvalue weighted by Gasteiger charge is -2.07. The number of carbonyl (C=O) groups is 1. The summed E-state index contributed by atoms with van der Waals surface area (Å²) in [6.07, 6.45) is 2.07. The summed E-state index contributed by atoms with van der Waals surface area (Å²) in [6, 6.07) is 7.99. The molecule has 0 amide bonds. The fraction of sp³-hybridized carbons (Fsp3) is 0.312. The van der Waals surface area contributed by atoms with Crippen LogP contribution in [-0.2, 0) is 9.53 Å². The highest BCUT2D eigenvalue weighted by atomic mass is 16.5. The van der Waals surface area contributed by atoms with Crippen molar-refractivity contribution in [3.63, 3.8) is 0 Å². The first kappa shape index (κ1) is 17.1. The molecular formula is C16H16N2O4. The largest absolute Gasteiger partial charge is 0.507 e. The third kappa shape index (κ3) is 5.56. The van der Waals surface area contributed by atoms with Gasteiger partial charge in [-0.05, 0) is 31.6 Å². The molecule has 0 saturated heterocycles. The minimum atomic E-state index is -0.269. The van der Waals surface area contributed by atoms with Gasteiger partial charge in [0.15, 0.2) is 0 Å². The Balaban J connectivity index is 2.56. The molecule has 6 heteroatoms. The van der Waals surface area contributed by atoms with Crippen LogP contribution in [0.15, 0.2) is 23.8 Å². The average Bonchev–Trinajstić information content (AvgIpc) is 2.51. The maximum Gasteiger partial charge on any atom is 0.305 e. The van der Waals surface area contributed by atoms with E-state index in [0.717, 1.165) is 0 Å². The van der Waals surface area contributed by atoms with E-state index in [9.17, 15) is 9.90 Å². The fourth-order valence-electron chi connectivity index (χ4n) is 1.62. The lowest BCUT2D eigenvalue weighted by molar-refractivity contribution is -0.143. The number of carbonyl (C=O) groups excluding carboxylic acids is 1. The summed E-state index contributed by atoms with van der Waals surface area (Å²) < 4.78 is 10.2. The number of hydrogen-bond acceptors (Lipinski definition) is 6. The van der Waals surface area contributed by atoms with Crippen molar-refractivity contribution in [2.24, 2.45) is 0 Å². The number of ether oxygens (including phenoxy) is 2. The molecule has 0 spiro atoms. The number of nitrogens with zero attached hydrogens (tertiary/aromatic N) is 2.